The molecule has 0 fully saturated rings. The van der Waals surface area contributed by atoms with E-state index in [0.29, 0.717) is 12.4 Å². The quantitative estimate of drug-likeness (QED) is 0.619. The summed E-state index contributed by atoms with van der Waals surface area (Å²) >= 11 is 1.59. The number of carboxylic acid groups (broad SMARTS) is 1. The molecule has 0 bridgehead atoms. The van der Waals surface area contributed by atoms with Gasteiger partial charge in [0.25, 0.3) is 0 Å². The molecule has 4 nitrogen and oxygen atoms in total. The van der Waals surface area contributed by atoms with E-state index >= 15 is 0 Å². The number of thioether (sulfide) groups is 1. The summed E-state index contributed by atoms with van der Waals surface area (Å²) in [5, 5.41) is 12.2. The fourth-order valence-electron chi connectivity index (χ4n) is 1.22. The Balaban J connectivity index is 4.08. The van der Waals surface area contributed by atoms with Crippen LogP contribution in [0.2, 0.25) is 0 Å². The van der Waals surface area contributed by atoms with Crippen molar-refractivity contribution in [3.8, 4) is 0 Å². The van der Waals surface area contributed by atoms with Gasteiger partial charge >= 0.3 is 5.97 Å². The fraction of sp³-hybridized carbons (Fsp3) is 0.900. The second-order valence-corrected chi connectivity index (χ2v) is 5.09. The van der Waals surface area contributed by atoms with Crippen LogP contribution in [0.25, 0.3) is 0 Å². The average molecular weight is 235 g/mol. The number of ether oxygens (including phenoxy) is 1. The summed E-state index contributed by atoms with van der Waals surface area (Å²) in [6.45, 7) is 6.26. The van der Waals surface area contributed by atoms with Gasteiger partial charge in [0.15, 0.2) is 0 Å². The van der Waals surface area contributed by atoms with Gasteiger partial charge in [0, 0.05) is 24.7 Å². The van der Waals surface area contributed by atoms with Gasteiger partial charge in [0.2, 0.25) is 0 Å². The first-order valence-electron chi connectivity index (χ1n) is 5.00. The van der Waals surface area contributed by atoms with Gasteiger partial charge in [-0.3, -0.25) is 10.1 Å². The highest BCUT2D eigenvalue weighted by molar-refractivity contribution is 7.99. The average Bonchev–Trinajstić information content (AvgIpc) is 2.11. The lowest BCUT2D eigenvalue weighted by molar-refractivity contribution is -0.143. The predicted octanol–water partition coefficient (Wildman–Crippen LogP) is 1.21. The molecule has 0 heterocycles. The van der Waals surface area contributed by atoms with Crippen LogP contribution >= 0.6 is 11.8 Å². The molecule has 15 heavy (non-hydrogen) atoms. The molecule has 0 aliphatic rings. The van der Waals surface area contributed by atoms with E-state index in [1.54, 1.807) is 25.8 Å². The van der Waals surface area contributed by atoms with Gasteiger partial charge in [-0.2, -0.15) is 11.8 Å². The summed E-state index contributed by atoms with van der Waals surface area (Å²) in [5.41, 5.74) is -0.855. The number of nitrogens with one attached hydrogen (secondary N) is 1. The van der Waals surface area contributed by atoms with E-state index in [4.69, 9.17) is 9.84 Å². The summed E-state index contributed by atoms with van der Waals surface area (Å²) < 4.78 is 4.91. The maximum atomic E-state index is 11.1. The molecule has 1 atom stereocenters. The molecule has 0 saturated carbocycles. The first kappa shape index (κ1) is 14.7. The lowest BCUT2D eigenvalue weighted by Gasteiger charge is -2.28. The molecule has 0 saturated heterocycles. The van der Waals surface area contributed by atoms with Crippen molar-refractivity contribution in [1.29, 1.82) is 0 Å². The molecule has 0 aromatic heterocycles. The van der Waals surface area contributed by atoms with Crippen molar-refractivity contribution in [2.24, 2.45) is 0 Å². The molecular weight excluding hydrogens is 214 g/mol. The number of carboxylic acids is 1. The van der Waals surface area contributed by atoms with E-state index in [2.05, 4.69) is 5.32 Å². The molecule has 0 aliphatic heterocycles. The molecule has 0 amide bonds. The minimum absolute atomic E-state index is 0.161. The van der Waals surface area contributed by atoms with E-state index in [-0.39, 0.29) is 6.04 Å². The molecule has 0 aliphatic carbocycles. The zero-order valence-electron chi connectivity index (χ0n) is 9.87. The van der Waals surface area contributed by atoms with E-state index < -0.39 is 11.5 Å². The van der Waals surface area contributed by atoms with E-state index in [0.717, 1.165) is 5.75 Å². The largest absolute Gasteiger partial charge is 0.480 e. The Morgan fingerprint density at radius 1 is 1.60 bits per heavy atom. The number of carbonyl (C=O) groups is 1. The van der Waals surface area contributed by atoms with E-state index in [1.807, 2.05) is 13.8 Å². The highest BCUT2D eigenvalue weighted by Crippen LogP contribution is 2.14. The molecule has 0 radical (unpaired) electrons. The molecule has 1 unspecified atom stereocenters. The zero-order chi connectivity index (χ0) is 11.9. The van der Waals surface area contributed by atoms with Crippen LogP contribution in [0.1, 0.15) is 20.8 Å². The number of methoxy groups -OCH3 is 1. The fourth-order valence-corrected chi connectivity index (χ4v) is 2.26. The first-order chi connectivity index (χ1) is 6.92. The molecule has 90 valence electrons. The third-order valence-corrected chi connectivity index (χ3v) is 3.14. The van der Waals surface area contributed by atoms with Crippen molar-refractivity contribution in [3.05, 3.63) is 0 Å². The Morgan fingerprint density at radius 2 is 2.20 bits per heavy atom. The molecule has 2 N–H and O–H groups in total. The highest BCUT2D eigenvalue weighted by atomic mass is 32.2. The van der Waals surface area contributed by atoms with Crippen LogP contribution in [0.3, 0.4) is 0 Å². The van der Waals surface area contributed by atoms with Crippen molar-refractivity contribution >= 4 is 17.7 Å². The Kier molecular flexibility index (Phi) is 6.96. The third-order valence-electron chi connectivity index (χ3n) is 1.90. The lowest BCUT2D eigenvalue weighted by atomic mass is 10.1. The van der Waals surface area contributed by atoms with Crippen LogP contribution in [0.5, 0.6) is 0 Å². The molecular formula is C10H21NO3S. The smallest absolute Gasteiger partial charge is 0.324 e. The Labute approximate surface area is 95.8 Å². The summed E-state index contributed by atoms with van der Waals surface area (Å²) in [6, 6.07) is 0.161. The van der Waals surface area contributed by atoms with Crippen LogP contribution in [0.4, 0.5) is 0 Å². The highest BCUT2D eigenvalue weighted by Gasteiger charge is 2.33. The summed E-state index contributed by atoms with van der Waals surface area (Å²) in [6.07, 6.45) is 0. The van der Waals surface area contributed by atoms with Gasteiger partial charge in [-0.15, -0.1) is 0 Å². The van der Waals surface area contributed by atoms with Crippen molar-refractivity contribution < 1.29 is 14.6 Å². The van der Waals surface area contributed by atoms with Gasteiger partial charge in [0.05, 0.1) is 6.61 Å². The Hall–Kier alpha value is -0.260. The Morgan fingerprint density at radius 3 is 2.60 bits per heavy atom. The van der Waals surface area contributed by atoms with Gasteiger partial charge in [-0.25, -0.2) is 0 Å². The van der Waals surface area contributed by atoms with Crippen LogP contribution in [0, 0.1) is 0 Å². The SMILES string of the molecule is COCCSCC(C)(NC(C)C)C(=O)O. The van der Waals surface area contributed by atoms with Crippen molar-refractivity contribution in [2.45, 2.75) is 32.4 Å². The third kappa shape index (κ3) is 6.02. The molecule has 0 spiro atoms. The summed E-state index contributed by atoms with van der Waals surface area (Å²) in [7, 11) is 1.64. The monoisotopic (exact) mass is 235 g/mol. The van der Waals surface area contributed by atoms with Gasteiger partial charge in [-0.05, 0) is 20.8 Å². The van der Waals surface area contributed by atoms with Crippen LogP contribution in [-0.4, -0.2) is 47.9 Å². The van der Waals surface area contributed by atoms with Crippen molar-refractivity contribution in [2.75, 3.05) is 25.2 Å². The number of rotatable bonds is 8. The zero-order valence-corrected chi connectivity index (χ0v) is 10.7. The van der Waals surface area contributed by atoms with Crippen LogP contribution in [0.15, 0.2) is 0 Å². The van der Waals surface area contributed by atoms with Gasteiger partial charge < -0.3 is 9.84 Å². The first-order valence-corrected chi connectivity index (χ1v) is 6.15. The van der Waals surface area contributed by atoms with Gasteiger partial charge in [-0.1, -0.05) is 0 Å². The van der Waals surface area contributed by atoms with E-state index in [9.17, 15) is 4.79 Å². The van der Waals surface area contributed by atoms with E-state index in [1.165, 1.54) is 0 Å². The van der Waals surface area contributed by atoms with Crippen molar-refractivity contribution in [1.82, 2.24) is 5.32 Å². The molecule has 0 rings (SSSR count). The van der Waals surface area contributed by atoms with Crippen LogP contribution < -0.4 is 5.32 Å². The normalized spacial score (nSPS) is 15.3. The minimum Gasteiger partial charge on any atom is -0.480 e. The number of hydrogen-bond acceptors (Lipinski definition) is 4. The molecule has 0 aromatic carbocycles. The lowest BCUT2D eigenvalue weighted by Crippen LogP contribution is -2.54. The second kappa shape index (κ2) is 7.09. The van der Waals surface area contributed by atoms with Crippen LogP contribution in [-0.2, 0) is 9.53 Å². The summed E-state index contributed by atoms with van der Waals surface area (Å²) in [5.74, 6) is 0.560. The second-order valence-electron chi connectivity index (χ2n) is 3.98. The molecule has 5 heteroatoms. The van der Waals surface area contributed by atoms with Crippen molar-refractivity contribution in [3.63, 3.8) is 0 Å². The standard InChI is InChI=1S/C10H21NO3S/c1-8(2)11-10(3,9(12)13)7-15-6-5-14-4/h8,11H,5-7H2,1-4H3,(H,12,13). The maximum absolute atomic E-state index is 11.1. The topological polar surface area (TPSA) is 58.6 Å². The molecule has 0 aromatic rings. The number of aliphatic carboxylic acids is 1. The number of hydrogen-bond donors (Lipinski definition) is 2. The Bertz CT molecular complexity index is 199. The van der Waals surface area contributed by atoms with Gasteiger partial charge in [0.1, 0.15) is 5.54 Å². The summed E-state index contributed by atoms with van der Waals surface area (Å²) in [4.78, 5) is 11.1. The minimum atomic E-state index is -0.855. The predicted molar refractivity (Wildman–Crippen MR) is 63.5 cm³/mol. The maximum Gasteiger partial charge on any atom is 0.324 e.